The molecule has 0 radical (unpaired) electrons. The van der Waals surface area contributed by atoms with Gasteiger partial charge in [-0.3, -0.25) is 5.41 Å². The molecule has 0 aliphatic carbocycles. The first-order chi connectivity index (χ1) is 8.54. The average Bonchev–Trinajstić information content (AvgIpc) is 2.72. The van der Waals surface area contributed by atoms with Crippen molar-refractivity contribution in [3.63, 3.8) is 0 Å². The van der Waals surface area contributed by atoms with Crippen LogP contribution in [0.1, 0.15) is 16.8 Å². The van der Waals surface area contributed by atoms with Gasteiger partial charge < -0.3 is 5.73 Å². The van der Waals surface area contributed by atoms with Crippen molar-refractivity contribution >= 4 is 28.9 Å². The number of amidine groups is 1. The maximum atomic E-state index is 13.3. The minimum absolute atomic E-state index is 0.120. The van der Waals surface area contributed by atoms with Crippen LogP contribution in [0.25, 0.3) is 0 Å². The van der Waals surface area contributed by atoms with Crippen molar-refractivity contribution in [2.45, 2.75) is 17.0 Å². The molecule has 1 aromatic heterocycles. The average molecular weight is 281 g/mol. The van der Waals surface area contributed by atoms with Crippen LogP contribution in [0.2, 0.25) is 0 Å². The van der Waals surface area contributed by atoms with Gasteiger partial charge >= 0.3 is 0 Å². The predicted molar refractivity (Wildman–Crippen MR) is 73.8 cm³/mol. The minimum Gasteiger partial charge on any atom is -0.384 e. The van der Waals surface area contributed by atoms with E-state index in [1.807, 2.05) is 12.3 Å². The Balaban J connectivity index is 2.11. The van der Waals surface area contributed by atoms with Crippen LogP contribution in [0.5, 0.6) is 0 Å². The molecule has 0 bridgehead atoms. The Morgan fingerprint density at radius 1 is 1.50 bits per heavy atom. The van der Waals surface area contributed by atoms with E-state index in [0.29, 0.717) is 11.3 Å². The number of nitrogens with one attached hydrogen (secondary N) is 1. The van der Waals surface area contributed by atoms with Crippen molar-refractivity contribution < 1.29 is 4.39 Å². The molecule has 2 rings (SSSR count). The van der Waals surface area contributed by atoms with Crippen molar-refractivity contribution in [3.8, 4) is 0 Å². The number of nitrogens with zero attached hydrogens (tertiary/aromatic N) is 1. The summed E-state index contributed by atoms with van der Waals surface area (Å²) in [6.07, 6.45) is 0. The van der Waals surface area contributed by atoms with Crippen molar-refractivity contribution in [1.29, 1.82) is 5.41 Å². The summed E-state index contributed by atoms with van der Waals surface area (Å²) >= 11 is 3.13. The highest BCUT2D eigenvalue weighted by molar-refractivity contribution is 8.00. The van der Waals surface area contributed by atoms with E-state index in [4.69, 9.17) is 11.1 Å². The molecule has 0 fully saturated rings. The summed E-state index contributed by atoms with van der Waals surface area (Å²) in [5.41, 5.74) is 7.57. The van der Waals surface area contributed by atoms with Gasteiger partial charge in [-0.15, -0.1) is 11.3 Å². The molecule has 6 heteroatoms. The normalized spacial score (nSPS) is 10.6. The SMILES string of the molecule is Cc1csc(SCc2cc(F)cc(C(=N)N)c2)n1. The van der Waals surface area contributed by atoms with Gasteiger partial charge in [-0.05, 0) is 30.7 Å². The summed E-state index contributed by atoms with van der Waals surface area (Å²) in [6.45, 7) is 1.94. The second-order valence-corrected chi connectivity index (χ2v) is 5.89. The maximum absolute atomic E-state index is 13.3. The Morgan fingerprint density at radius 2 is 2.28 bits per heavy atom. The molecule has 18 heavy (non-hydrogen) atoms. The highest BCUT2D eigenvalue weighted by Crippen LogP contribution is 2.26. The Labute approximate surface area is 113 Å². The Hall–Kier alpha value is -1.40. The maximum Gasteiger partial charge on any atom is 0.150 e. The van der Waals surface area contributed by atoms with Gasteiger partial charge in [-0.2, -0.15) is 0 Å². The first kappa shape index (κ1) is 13.0. The lowest BCUT2D eigenvalue weighted by atomic mass is 10.1. The van der Waals surface area contributed by atoms with Gasteiger partial charge in [0.1, 0.15) is 16.0 Å². The molecule has 0 saturated heterocycles. The third-order valence-corrected chi connectivity index (χ3v) is 4.44. The molecule has 94 valence electrons. The van der Waals surface area contributed by atoms with E-state index >= 15 is 0 Å². The smallest absolute Gasteiger partial charge is 0.150 e. The Bertz CT molecular complexity index is 580. The molecule has 0 atom stereocenters. The lowest BCUT2D eigenvalue weighted by Crippen LogP contribution is -2.11. The number of aryl methyl sites for hydroxylation is 1. The van der Waals surface area contributed by atoms with Gasteiger partial charge in [-0.1, -0.05) is 11.8 Å². The number of aromatic nitrogens is 1. The van der Waals surface area contributed by atoms with Crippen LogP contribution in [0.3, 0.4) is 0 Å². The van der Waals surface area contributed by atoms with Gasteiger partial charge in [0.05, 0.1) is 0 Å². The number of halogens is 1. The number of benzene rings is 1. The van der Waals surface area contributed by atoms with Crippen LogP contribution in [0, 0.1) is 18.2 Å². The number of rotatable bonds is 4. The molecule has 0 aliphatic heterocycles. The molecule has 1 heterocycles. The van der Waals surface area contributed by atoms with E-state index in [0.717, 1.165) is 15.6 Å². The quantitative estimate of drug-likeness (QED) is 0.514. The zero-order valence-corrected chi connectivity index (χ0v) is 11.4. The first-order valence-corrected chi connectivity index (χ1v) is 7.10. The molecular weight excluding hydrogens is 269 g/mol. The van der Waals surface area contributed by atoms with Gasteiger partial charge in [0.2, 0.25) is 0 Å². The molecular formula is C12H12FN3S2. The lowest BCUT2D eigenvalue weighted by Gasteiger charge is -2.04. The van der Waals surface area contributed by atoms with E-state index in [2.05, 4.69) is 4.98 Å². The van der Waals surface area contributed by atoms with Crippen molar-refractivity contribution in [2.75, 3.05) is 0 Å². The second-order valence-electron chi connectivity index (χ2n) is 3.81. The molecule has 0 spiro atoms. The fraction of sp³-hybridized carbons (Fsp3) is 0.167. The van der Waals surface area contributed by atoms with Crippen LogP contribution >= 0.6 is 23.1 Å². The summed E-state index contributed by atoms with van der Waals surface area (Å²) in [6, 6.07) is 4.46. The monoisotopic (exact) mass is 281 g/mol. The molecule has 0 amide bonds. The van der Waals surface area contributed by atoms with Crippen LogP contribution in [0.4, 0.5) is 4.39 Å². The summed E-state index contributed by atoms with van der Waals surface area (Å²) < 4.78 is 14.3. The predicted octanol–water partition coefficient (Wildman–Crippen LogP) is 3.17. The molecule has 0 unspecified atom stereocenters. The standard InChI is InChI=1S/C12H12FN3S2/c1-7-5-17-12(16-7)18-6-8-2-9(11(14)15)4-10(13)3-8/h2-5H,6H2,1H3,(H3,14,15). The fourth-order valence-corrected chi connectivity index (χ4v) is 3.21. The van der Waals surface area contributed by atoms with Gasteiger partial charge in [0, 0.05) is 22.4 Å². The minimum atomic E-state index is -0.367. The van der Waals surface area contributed by atoms with Gasteiger partial charge in [0.25, 0.3) is 0 Å². The first-order valence-electron chi connectivity index (χ1n) is 5.23. The highest BCUT2D eigenvalue weighted by atomic mass is 32.2. The molecule has 1 aromatic carbocycles. The van der Waals surface area contributed by atoms with E-state index in [1.54, 1.807) is 29.2 Å². The lowest BCUT2D eigenvalue weighted by molar-refractivity contribution is 0.626. The largest absolute Gasteiger partial charge is 0.384 e. The zero-order chi connectivity index (χ0) is 13.1. The Kier molecular flexibility index (Phi) is 3.98. The van der Waals surface area contributed by atoms with E-state index in [1.165, 1.54) is 12.1 Å². The molecule has 2 aromatic rings. The number of hydrogen-bond donors (Lipinski definition) is 2. The topological polar surface area (TPSA) is 62.8 Å². The molecule has 3 N–H and O–H groups in total. The highest BCUT2D eigenvalue weighted by Gasteiger charge is 2.05. The van der Waals surface area contributed by atoms with Crippen LogP contribution in [-0.4, -0.2) is 10.8 Å². The summed E-state index contributed by atoms with van der Waals surface area (Å²) in [5.74, 6) is 0.129. The van der Waals surface area contributed by atoms with Crippen molar-refractivity contribution in [1.82, 2.24) is 4.98 Å². The van der Waals surface area contributed by atoms with E-state index in [-0.39, 0.29) is 11.7 Å². The van der Waals surface area contributed by atoms with Gasteiger partial charge in [-0.25, -0.2) is 9.37 Å². The zero-order valence-electron chi connectivity index (χ0n) is 9.74. The number of thioether (sulfide) groups is 1. The number of thiazole rings is 1. The van der Waals surface area contributed by atoms with Crippen LogP contribution in [0.15, 0.2) is 27.9 Å². The van der Waals surface area contributed by atoms with E-state index in [9.17, 15) is 4.39 Å². The molecule has 0 saturated carbocycles. The second kappa shape index (κ2) is 5.49. The third-order valence-electron chi connectivity index (χ3n) is 2.23. The molecule has 0 aliphatic rings. The number of nitrogen functional groups attached to an aromatic ring is 1. The fourth-order valence-electron chi connectivity index (χ4n) is 1.43. The van der Waals surface area contributed by atoms with Crippen molar-refractivity contribution in [3.05, 3.63) is 46.2 Å². The van der Waals surface area contributed by atoms with Crippen molar-refractivity contribution in [2.24, 2.45) is 5.73 Å². The Morgan fingerprint density at radius 3 is 2.89 bits per heavy atom. The van der Waals surface area contributed by atoms with Gasteiger partial charge in [0.15, 0.2) is 0 Å². The van der Waals surface area contributed by atoms with Crippen LogP contribution in [-0.2, 0) is 5.75 Å². The summed E-state index contributed by atoms with van der Waals surface area (Å²) in [4.78, 5) is 4.33. The number of hydrogen-bond acceptors (Lipinski definition) is 4. The third kappa shape index (κ3) is 3.30. The van der Waals surface area contributed by atoms with E-state index < -0.39 is 0 Å². The number of nitrogens with two attached hydrogens (primary N) is 1. The summed E-state index contributed by atoms with van der Waals surface area (Å²) in [7, 11) is 0. The van der Waals surface area contributed by atoms with Crippen LogP contribution < -0.4 is 5.73 Å². The molecule has 3 nitrogen and oxygen atoms in total. The summed E-state index contributed by atoms with van der Waals surface area (Å²) in [5, 5.41) is 9.30.